The molecule has 0 aliphatic rings. The lowest BCUT2D eigenvalue weighted by molar-refractivity contribution is 0.0688. The van der Waals surface area contributed by atoms with Crippen molar-refractivity contribution in [3.05, 3.63) is 47.3 Å². The number of benzene rings is 1. The van der Waals surface area contributed by atoms with Gasteiger partial charge in [-0.1, -0.05) is 25.5 Å². The molecule has 0 unspecified atom stereocenters. The molecule has 1 aromatic carbocycles. The highest BCUT2D eigenvalue weighted by molar-refractivity contribution is 5.87. The van der Waals surface area contributed by atoms with Crippen LogP contribution in [0.2, 0.25) is 0 Å². The maximum atomic E-state index is 11.2. The molecule has 0 radical (unpaired) electrons. The minimum Gasteiger partial charge on any atom is -0.476 e. The van der Waals surface area contributed by atoms with Gasteiger partial charge in [0.25, 0.3) is 0 Å². The maximum Gasteiger partial charge on any atom is 0.356 e. The molecule has 1 heterocycles. The fraction of sp³-hybridized carbons (Fsp3) is 0.375. The number of nitrogens with zero attached hydrogens (tertiary/aromatic N) is 2. The summed E-state index contributed by atoms with van der Waals surface area (Å²) in [6.07, 6.45) is 4.89. The molecule has 5 nitrogen and oxygen atoms in total. The molecule has 0 aliphatic heterocycles. The molecule has 2 N–H and O–H groups in total. The predicted molar refractivity (Wildman–Crippen MR) is 79.9 cm³/mol. The summed E-state index contributed by atoms with van der Waals surface area (Å²) >= 11 is 0. The number of aromatic carboxylic acids is 1. The first-order valence-electron chi connectivity index (χ1n) is 7.17. The highest BCUT2D eigenvalue weighted by Crippen LogP contribution is 2.15. The fourth-order valence-electron chi connectivity index (χ4n) is 2.28. The topological polar surface area (TPSA) is 75.4 Å². The number of hydrogen-bond acceptors (Lipinski definition) is 3. The second-order valence-corrected chi connectivity index (χ2v) is 5.00. The summed E-state index contributed by atoms with van der Waals surface area (Å²) in [5, 5.41) is 22.2. The van der Waals surface area contributed by atoms with Gasteiger partial charge in [-0.3, -0.25) is 0 Å². The van der Waals surface area contributed by atoms with E-state index in [1.807, 2.05) is 24.3 Å². The number of carbonyl (C=O) groups is 1. The van der Waals surface area contributed by atoms with Crippen molar-refractivity contribution in [2.24, 2.45) is 0 Å². The van der Waals surface area contributed by atoms with Crippen LogP contribution in [0.4, 0.5) is 0 Å². The first-order valence-corrected chi connectivity index (χ1v) is 7.17. The lowest BCUT2D eigenvalue weighted by Gasteiger charge is -2.03. The number of aliphatic hydroxyl groups excluding tert-OH is 1. The Hall–Kier alpha value is -2.14. The number of carboxylic acid groups (broad SMARTS) is 1. The molecule has 0 bridgehead atoms. The van der Waals surface area contributed by atoms with Gasteiger partial charge in [0, 0.05) is 18.4 Å². The Bertz CT molecular complexity index is 602. The number of aryl methyl sites for hydroxylation is 2. The molecule has 0 amide bonds. The average molecular weight is 288 g/mol. The number of carboxylic acids is 1. The van der Waals surface area contributed by atoms with Gasteiger partial charge >= 0.3 is 5.97 Å². The van der Waals surface area contributed by atoms with Gasteiger partial charge in [-0.05, 0) is 37.0 Å². The molecule has 0 saturated carbocycles. The largest absolute Gasteiger partial charge is 0.476 e. The molecule has 0 aliphatic carbocycles. The van der Waals surface area contributed by atoms with E-state index >= 15 is 0 Å². The van der Waals surface area contributed by atoms with E-state index in [0.29, 0.717) is 18.4 Å². The molecular formula is C16H20N2O3. The highest BCUT2D eigenvalue weighted by Gasteiger charge is 2.16. The zero-order valence-electron chi connectivity index (χ0n) is 12.1. The molecule has 112 valence electrons. The van der Waals surface area contributed by atoms with Gasteiger partial charge in [-0.15, -0.1) is 0 Å². The zero-order chi connectivity index (χ0) is 15.2. The third-order valence-corrected chi connectivity index (χ3v) is 3.34. The number of aliphatic hydroxyl groups is 1. The summed E-state index contributed by atoms with van der Waals surface area (Å²) < 4.78 is 1.59. The first kappa shape index (κ1) is 15.3. The molecule has 0 saturated heterocycles. The SMILES string of the molecule is CCCc1ccc(-n2cc(CCCO)c(C(=O)O)n2)cc1. The Morgan fingerprint density at radius 1 is 1.24 bits per heavy atom. The van der Waals surface area contributed by atoms with Crippen LogP contribution in [0.25, 0.3) is 5.69 Å². The molecule has 0 spiro atoms. The van der Waals surface area contributed by atoms with Gasteiger partial charge in [-0.2, -0.15) is 5.10 Å². The van der Waals surface area contributed by atoms with Crippen molar-refractivity contribution >= 4 is 5.97 Å². The van der Waals surface area contributed by atoms with Crippen LogP contribution in [0, 0.1) is 0 Å². The number of hydrogen-bond donors (Lipinski definition) is 2. The van der Waals surface area contributed by atoms with Gasteiger partial charge in [0.05, 0.1) is 5.69 Å². The first-order chi connectivity index (χ1) is 10.2. The van der Waals surface area contributed by atoms with Gasteiger partial charge < -0.3 is 10.2 Å². The molecule has 0 atom stereocenters. The van der Waals surface area contributed by atoms with E-state index < -0.39 is 5.97 Å². The van der Waals surface area contributed by atoms with Crippen LogP contribution in [-0.2, 0) is 12.8 Å². The monoisotopic (exact) mass is 288 g/mol. The quantitative estimate of drug-likeness (QED) is 0.820. The van der Waals surface area contributed by atoms with Crippen LogP contribution < -0.4 is 0 Å². The lowest BCUT2D eigenvalue weighted by Crippen LogP contribution is -2.03. The standard InChI is InChI=1S/C16H20N2O3/c1-2-4-12-6-8-14(9-7-12)18-11-13(5-3-10-19)15(17-18)16(20)21/h6-9,11,19H,2-5,10H2,1H3,(H,20,21). The van der Waals surface area contributed by atoms with Gasteiger partial charge in [0.2, 0.25) is 0 Å². The van der Waals surface area contributed by atoms with Crippen molar-refractivity contribution in [3.63, 3.8) is 0 Å². The van der Waals surface area contributed by atoms with Crippen molar-refractivity contribution in [3.8, 4) is 5.69 Å². The van der Waals surface area contributed by atoms with E-state index in [4.69, 9.17) is 5.11 Å². The Morgan fingerprint density at radius 2 is 1.95 bits per heavy atom. The van der Waals surface area contributed by atoms with Crippen LogP contribution in [0.1, 0.15) is 41.4 Å². The summed E-state index contributed by atoms with van der Waals surface area (Å²) in [6, 6.07) is 7.96. The van der Waals surface area contributed by atoms with Crippen molar-refractivity contribution in [2.75, 3.05) is 6.61 Å². The van der Waals surface area contributed by atoms with Crippen LogP contribution in [0.15, 0.2) is 30.5 Å². The Labute approximate surface area is 123 Å². The zero-order valence-corrected chi connectivity index (χ0v) is 12.1. The highest BCUT2D eigenvalue weighted by atomic mass is 16.4. The smallest absolute Gasteiger partial charge is 0.356 e. The van der Waals surface area contributed by atoms with E-state index in [1.165, 1.54) is 5.56 Å². The van der Waals surface area contributed by atoms with Gasteiger partial charge in [0.1, 0.15) is 0 Å². The van der Waals surface area contributed by atoms with Crippen molar-refractivity contribution in [1.29, 1.82) is 0 Å². The lowest BCUT2D eigenvalue weighted by atomic mass is 10.1. The summed E-state index contributed by atoms with van der Waals surface area (Å²) in [4.78, 5) is 11.2. The third kappa shape index (κ3) is 3.70. The second-order valence-electron chi connectivity index (χ2n) is 5.00. The number of rotatable bonds is 7. The van der Waals surface area contributed by atoms with E-state index in [-0.39, 0.29) is 12.3 Å². The summed E-state index contributed by atoms with van der Waals surface area (Å²) in [7, 11) is 0. The minimum atomic E-state index is -1.04. The molecule has 0 fully saturated rings. The predicted octanol–water partition coefficient (Wildman–Crippen LogP) is 2.45. The minimum absolute atomic E-state index is 0.0377. The summed E-state index contributed by atoms with van der Waals surface area (Å²) in [6.45, 7) is 2.17. The fourth-order valence-corrected chi connectivity index (χ4v) is 2.28. The van der Waals surface area contributed by atoms with Crippen molar-refractivity contribution < 1.29 is 15.0 Å². The molecule has 21 heavy (non-hydrogen) atoms. The summed E-state index contributed by atoms with van der Waals surface area (Å²) in [5.41, 5.74) is 2.80. The Kier molecular flexibility index (Phi) is 5.11. The molecule has 1 aromatic heterocycles. The molecule has 2 rings (SSSR count). The Balaban J connectivity index is 2.28. The van der Waals surface area contributed by atoms with E-state index in [2.05, 4.69) is 12.0 Å². The molecule has 2 aromatic rings. The molecular weight excluding hydrogens is 268 g/mol. The summed E-state index contributed by atoms with van der Waals surface area (Å²) in [5.74, 6) is -1.04. The molecule has 5 heteroatoms. The van der Waals surface area contributed by atoms with Crippen molar-refractivity contribution in [2.45, 2.75) is 32.6 Å². The van der Waals surface area contributed by atoms with E-state index in [9.17, 15) is 9.90 Å². The average Bonchev–Trinajstić information content (AvgIpc) is 2.90. The van der Waals surface area contributed by atoms with E-state index in [1.54, 1.807) is 10.9 Å². The van der Waals surface area contributed by atoms with Crippen molar-refractivity contribution in [1.82, 2.24) is 9.78 Å². The Morgan fingerprint density at radius 3 is 2.52 bits per heavy atom. The third-order valence-electron chi connectivity index (χ3n) is 3.34. The van der Waals surface area contributed by atoms with Crippen LogP contribution in [0.3, 0.4) is 0 Å². The second kappa shape index (κ2) is 7.04. The maximum absolute atomic E-state index is 11.2. The van der Waals surface area contributed by atoms with Crippen LogP contribution in [-0.4, -0.2) is 32.6 Å². The van der Waals surface area contributed by atoms with Crippen LogP contribution >= 0.6 is 0 Å². The van der Waals surface area contributed by atoms with Crippen LogP contribution in [0.5, 0.6) is 0 Å². The normalized spacial score (nSPS) is 10.8. The van der Waals surface area contributed by atoms with Gasteiger partial charge in [0.15, 0.2) is 5.69 Å². The number of aromatic nitrogens is 2. The van der Waals surface area contributed by atoms with Gasteiger partial charge in [-0.25, -0.2) is 9.48 Å². The van der Waals surface area contributed by atoms with E-state index in [0.717, 1.165) is 18.5 Å².